The van der Waals surface area contributed by atoms with E-state index in [-0.39, 0.29) is 17.2 Å². The maximum atomic E-state index is 13.4. The molecule has 0 fully saturated rings. The molecule has 1 N–H and O–H groups in total. The van der Waals surface area contributed by atoms with Gasteiger partial charge in [-0.1, -0.05) is 24.8 Å². The second kappa shape index (κ2) is 11.7. The summed E-state index contributed by atoms with van der Waals surface area (Å²) in [5.74, 6) is 2.05. The number of nitrogens with zero attached hydrogens (tertiary/aromatic N) is 2. The molecule has 1 amide bonds. The van der Waals surface area contributed by atoms with Crippen LogP contribution in [0.3, 0.4) is 0 Å². The van der Waals surface area contributed by atoms with Crippen molar-refractivity contribution in [3.63, 3.8) is 0 Å². The Morgan fingerprint density at radius 3 is 2.56 bits per heavy atom. The molecule has 8 nitrogen and oxygen atoms in total. The Kier molecular flexibility index (Phi) is 8.48. The summed E-state index contributed by atoms with van der Waals surface area (Å²) >= 11 is 2.82. The largest absolute Gasteiger partial charge is 0.497 e. The van der Waals surface area contributed by atoms with Gasteiger partial charge in [0.15, 0.2) is 16.7 Å². The molecule has 0 spiro atoms. The van der Waals surface area contributed by atoms with Gasteiger partial charge in [-0.05, 0) is 48.4 Å². The normalized spacial score (nSPS) is 14.3. The summed E-state index contributed by atoms with van der Waals surface area (Å²) in [4.78, 5) is 31.5. The molecule has 1 unspecified atom stereocenters. The number of nitrogens with one attached hydrogen (secondary N) is 1. The first kappa shape index (κ1) is 26.0. The second-order valence-corrected chi connectivity index (χ2v) is 10.6. The molecule has 0 saturated heterocycles. The summed E-state index contributed by atoms with van der Waals surface area (Å²) in [6, 6.07) is 13.0. The lowest BCUT2D eigenvalue weighted by molar-refractivity contribution is -0.118. The van der Waals surface area contributed by atoms with Crippen LogP contribution in [0.15, 0.2) is 57.3 Å². The van der Waals surface area contributed by atoms with Crippen molar-refractivity contribution in [2.24, 2.45) is 0 Å². The Morgan fingerprint density at radius 1 is 1.11 bits per heavy atom. The van der Waals surface area contributed by atoms with Crippen LogP contribution >= 0.6 is 23.5 Å². The lowest BCUT2D eigenvalue weighted by atomic mass is 10.1. The fourth-order valence-corrected chi connectivity index (χ4v) is 5.87. The van der Waals surface area contributed by atoms with Gasteiger partial charge in [-0.25, -0.2) is 4.98 Å². The first-order valence-corrected chi connectivity index (χ1v) is 13.4. The van der Waals surface area contributed by atoms with Gasteiger partial charge >= 0.3 is 0 Å². The lowest BCUT2D eigenvalue weighted by Crippen LogP contribution is -2.28. The van der Waals surface area contributed by atoms with Crippen LogP contribution in [0.25, 0.3) is 5.69 Å². The van der Waals surface area contributed by atoms with Crippen molar-refractivity contribution in [2.75, 3.05) is 33.6 Å². The Morgan fingerprint density at radius 2 is 1.86 bits per heavy atom. The van der Waals surface area contributed by atoms with E-state index in [4.69, 9.17) is 19.2 Å². The van der Waals surface area contributed by atoms with E-state index in [1.807, 2.05) is 30.3 Å². The first-order chi connectivity index (χ1) is 17.4. The smallest absolute Gasteiger partial charge is 0.272 e. The zero-order chi connectivity index (χ0) is 25.7. The van der Waals surface area contributed by atoms with Crippen molar-refractivity contribution >= 4 is 29.4 Å². The van der Waals surface area contributed by atoms with Crippen LogP contribution in [0.2, 0.25) is 0 Å². The molecule has 2 heterocycles. The van der Waals surface area contributed by atoms with Crippen LogP contribution in [0.1, 0.15) is 18.2 Å². The number of thioether (sulfide) groups is 2. The second-order valence-electron chi connectivity index (χ2n) is 8.22. The van der Waals surface area contributed by atoms with Gasteiger partial charge in [-0.2, -0.15) is 0 Å². The Labute approximate surface area is 218 Å². The quantitative estimate of drug-likeness (QED) is 0.315. The summed E-state index contributed by atoms with van der Waals surface area (Å²) in [5.41, 5.74) is 2.42. The summed E-state index contributed by atoms with van der Waals surface area (Å²) in [6.07, 6.45) is 1.39. The molecule has 2 aromatic carbocycles. The molecular formula is C26H29N3O5S2. The molecule has 1 atom stereocenters. The van der Waals surface area contributed by atoms with Gasteiger partial charge in [-0.3, -0.25) is 14.2 Å². The molecule has 190 valence electrons. The Balaban J connectivity index is 1.45. The minimum absolute atomic E-state index is 0.101. The minimum atomic E-state index is -0.126. The van der Waals surface area contributed by atoms with Gasteiger partial charge in [0.1, 0.15) is 5.75 Å². The van der Waals surface area contributed by atoms with Crippen LogP contribution in [0, 0.1) is 0 Å². The molecule has 0 radical (unpaired) electrons. The van der Waals surface area contributed by atoms with Crippen LogP contribution in [-0.4, -0.2) is 54.3 Å². The molecule has 0 saturated carbocycles. The third-order valence-corrected chi connectivity index (χ3v) is 7.88. The summed E-state index contributed by atoms with van der Waals surface area (Å²) in [5, 5.41) is 3.75. The number of aromatic nitrogens is 2. The number of hydrogen-bond donors (Lipinski definition) is 1. The highest BCUT2D eigenvalue weighted by Gasteiger charge is 2.27. The first-order valence-electron chi connectivity index (χ1n) is 11.5. The number of amides is 1. The van der Waals surface area contributed by atoms with Gasteiger partial charge in [0.05, 0.1) is 43.4 Å². The number of hydrogen-bond acceptors (Lipinski definition) is 8. The molecular weight excluding hydrogens is 498 g/mol. The van der Waals surface area contributed by atoms with Crippen molar-refractivity contribution in [2.45, 2.75) is 35.1 Å². The number of benzene rings is 2. The molecule has 1 aliphatic heterocycles. The minimum Gasteiger partial charge on any atom is -0.497 e. The number of carbonyl (C=O) groups excluding carboxylic acids is 1. The zero-order valence-corrected chi connectivity index (χ0v) is 22.3. The van der Waals surface area contributed by atoms with E-state index in [9.17, 15) is 9.59 Å². The number of rotatable bonds is 10. The van der Waals surface area contributed by atoms with E-state index in [1.54, 1.807) is 49.8 Å². The van der Waals surface area contributed by atoms with E-state index in [0.717, 1.165) is 17.7 Å². The van der Waals surface area contributed by atoms with Gasteiger partial charge < -0.3 is 19.5 Å². The maximum absolute atomic E-state index is 13.4. The highest BCUT2D eigenvalue weighted by molar-refractivity contribution is 8.00. The zero-order valence-electron chi connectivity index (χ0n) is 20.7. The van der Waals surface area contributed by atoms with Crippen molar-refractivity contribution in [1.29, 1.82) is 0 Å². The molecule has 36 heavy (non-hydrogen) atoms. The molecule has 1 aliphatic rings. The van der Waals surface area contributed by atoms with Gasteiger partial charge in [-0.15, -0.1) is 11.8 Å². The number of methoxy groups -OCH3 is 3. The van der Waals surface area contributed by atoms with E-state index < -0.39 is 0 Å². The average Bonchev–Trinajstić information content (AvgIpc) is 3.28. The van der Waals surface area contributed by atoms with Crippen molar-refractivity contribution < 1.29 is 19.0 Å². The summed E-state index contributed by atoms with van der Waals surface area (Å²) in [6.45, 7) is 2.56. The monoisotopic (exact) mass is 527 g/mol. The van der Waals surface area contributed by atoms with Crippen LogP contribution < -0.4 is 25.1 Å². The van der Waals surface area contributed by atoms with E-state index in [2.05, 4.69) is 12.2 Å². The van der Waals surface area contributed by atoms with Crippen molar-refractivity contribution in [3.05, 3.63) is 64.1 Å². The fraction of sp³-hybridized carbons (Fsp3) is 0.346. The molecule has 4 rings (SSSR count). The van der Waals surface area contributed by atoms with Crippen molar-refractivity contribution in [1.82, 2.24) is 14.9 Å². The summed E-state index contributed by atoms with van der Waals surface area (Å²) < 4.78 is 17.4. The van der Waals surface area contributed by atoms with Gasteiger partial charge in [0.2, 0.25) is 5.91 Å². The van der Waals surface area contributed by atoms with Crippen LogP contribution in [0.4, 0.5) is 0 Å². The highest BCUT2D eigenvalue weighted by atomic mass is 32.2. The van der Waals surface area contributed by atoms with E-state index >= 15 is 0 Å². The molecule has 1 aromatic heterocycles. The summed E-state index contributed by atoms with van der Waals surface area (Å²) in [7, 11) is 4.79. The Bertz CT molecular complexity index is 1290. The van der Waals surface area contributed by atoms with Crippen LogP contribution in [-0.2, 0) is 17.6 Å². The van der Waals surface area contributed by atoms with Crippen molar-refractivity contribution in [3.8, 4) is 22.9 Å². The standard InChI is InChI=1S/C26H29N3O5S2/c1-16-13-20-24(36-16)25(31)29(18-6-8-19(32-2)9-7-18)26(28-20)35-15-23(30)27-12-11-17-5-10-21(33-3)22(14-17)34-4/h5-10,14,16H,11-13,15H2,1-4H3,(H,27,30). The topological polar surface area (TPSA) is 91.7 Å². The van der Waals surface area contributed by atoms with Crippen LogP contribution in [0.5, 0.6) is 17.2 Å². The SMILES string of the molecule is COc1ccc(-n2c(SCC(=O)NCCc3ccc(OC)c(OC)c3)nc3c(c2=O)SC(C)C3)cc1. The van der Waals surface area contributed by atoms with E-state index in [0.29, 0.717) is 51.2 Å². The van der Waals surface area contributed by atoms with Gasteiger partial charge in [0, 0.05) is 18.2 Å². The number of carbonyl (C=O) groups is 1. The average molecular weight is 528 g/mol. The third-order valence-electron chi connectivity index (χ3n) is 5.73. The molecule has 0 aliphatic carbocycles. The third kappa shape index (κ3) is 5.82. The predicted octanol–water partition coefficient (Wildman–Crippen LogP) is 3.75. The highest BCUT2D eigenvalue weighted by Crippen LogP contribution is 2.35. The predicted molar refractivity (Wildman–Crippen MR) is 142 cm³/mol. The number of ether oxygens (including phenoxy) is 3. The Hall–Kier alpha value is -3.11. The lowest BCUT2D eigenvalue weighted by Gasteiger charge is -2.14. The maximum Gasteiger partial charge on any atom is 0.272 e. The van der Waals surface area contributed by atoms with Gasteiger partial charge in [0.25, 0.3) is 5.56 Å². The molecule has 3 aromatic rings. The fourth-order valence-electron chi connectivity index (χ4n) is 3.92. The molecule has 10 heteroatoms. The van der Waals surface area contributed by atoms with E-state index in [1.165, 1.54) is 11.8 Å². The number of fused-ring (bicyclic) bond motifs is 1. The molecule has 0 bridgehead atoms.